The van der Waals surface area contributed by atoms with Gasteiger partial charge in [0.2, 0.25) is 0 Å². The van der Waals surface area contributed by atoms with E-state index in [0.717, 1.165) is 12.1 Å². The van der Waals surface area contributed by atoms with E-state index in [1.165, 1.54) is 6.07 Å². The number of hydrogen-bond donors (Lipinski definition) is 3. The molecule has 0 saturated carbocycles. The minimum atomic E-state index is -0.862. The van der Waals surface area contributed by atoms with Crippen molar-refractivity contribution in [2.24, 2.45) is 0 Å². The molecule has 25 heavy (non-hydrogen) atoms. The third-order valence-electron chi connectivity index (χ3n) is 3.58. The Morgan fingerprint density at radius 1 is 1.32 bits per heavy atom. The van der Waals surface area contributed by atoms with Crippen LogP contribution in [0.4, 0.5) is 13.6 Å². The second kappa shape index (κ2) is 10.1. The number of halogens is 2. The van der Waals surface area contributed by atoms with Crippen LogP contribution in [0.1, 0.15) is 0 Å². The summed E-state index contributed by atoms with van der Waals surface area (Å²) in [6.07, 6.45) is -0.862. The number of nitrogens with one attached hydrogen (secondary N) is 2. The van der Waals surface area contributed by atoms with Crippen molar-refractivity contribution in [1.29, 1.82) is 0 Å². The van der Waals surface area contributed by atoms with Crippen LogP contribution in [0, 0.1) is 11.6 Å². The maximum Gasteiger partial charge on any atom is 0.317 e. The molecular weight excluding hydrogens is 336 g/mol. The van der Waals surface area contributed by atoms with E-state index in [-0.39, 0.29) is 24.9 Å². The van der Waals surface area contributed by atoms with Gasteiger partial charge < -0.3 is 30.1 Å². The molecule has 1 aromatic rings. The first-order valence-electron chi connectivity index (χ1n) is 8.13. The molecule has 0 aromatic heterocycles. The van der Waals surface area contributed by atoms with Crippen LogP contribution in [0.25, 0.3) is 0 Å². The lowest BCUT2D eigenvalue weighted by atomic mass is 10.3. The number of aliphatic hydroxyl groups excluding tert-OH is 1. The molecule has 0 unspecified atom stereocenters. The van der Waals surface area contributed by atoms with E-state index in [1.54, 1.807) is 4.90 Å². The van der Waals surface area contributed by atoms with Crippen molar-refractivity contribution in [2.45, 2.75) is 6.10 Å². The molecule has 1 fully saturated rings. The van der Waals surface area contributed by atoms with Gasteiger partial charge in [-0.05, 0) is 12.1 Å². The van der Waals surface area contributed by atoms with E-state index in [0.29, 0.717) is 39.4 Å². The topological polar surface area (TPSA) is 83.1 Å². The summed E-state index contributed by atoms with van der Waals surface area (Å²) in [7, 11) is 0. The lowest BCUT2D eigenvalue weighted by molar-refractivity contribution is 0.0532. The summed E-state index contributed by atoms with van der Waals surface area (Å²) in [4.78, 5) is 13.5. The number of carbonyl (C=O) groups is 1. The summed E-state index contributed by atoms with van der Waals surface area (Å²) in [6.45, 7) is 3.23. The second-order valence-electron chi connectivity index (χ2n) is 5.58. The normalized spacial score (nSPS) is 15.7. The maximum atomic E-state index is 13.4. The first kappa shape index (κ1) is 19.4. The van der Waals surface area contributed by atoms with Crippen molar-refractivity contribution < 1.29 is 28.2 Å². The zero-order valence-corrected chi connectivity index (χ0v) is 13.8. The molecule has 140 valence electrons. The smallest absolute Gasteiger partial charge is 0.317 e. The van der Waals surface area contributed by atoms with Gasteiger partial charge in [0.15, 0.2) is 11.6 Å². The van der Waals surface area contributed by atoms with Gasteiger partial charge in [-0.25, -0.2) is 13.6 Å². The SMILES string of the molecule is O=C(NCCNC[C@H](O)COc1ccc(F)cc1F)N1CCOCC1. The van der Waals surface area contributed by atoms with E-state index in [4.69, 9.17) is 9.47 Å². The van der Waals surface area contributed by atoms with E-state index in [1.807, 2.05) is 0 Å². The number of benzene rings is 1. The number of morpholine rings is 1. The van der Waals surface area contributed by atoms with Crippen LogP contribution in [0.2, 0.25) is 0 Å². The van der Waals surface area contributed by atoms with Crippen LogP contribution in [0.15, 0.2) is 18.2 Å². The second-order valence-corrected chi connectivity index (χ2v) is 5.58. The van der Waals surface area contributed by atoms with Gasteiger partial charge in [0, 0.05) is 38.8 Å². The molecule has 2 rings (SSSR count). The minimum absolute atomic E-state index is 0.113. The third-order valence-corrected chi connectivity index (χ3v) is 3.58. The van der Waals surface area contributed by atoms with E-state index in [2.05, 4.69) is 10.6 Å². The highest BCUT2D eigenvalue weighted by Crippen LogP contribution is 2.17. The molecule has 1 aliphatic heterocycles. The highest BCUT2D eigenvalue weighted by Gasteiger charge is 2.15. The molecular formula is C16H23F2N3O4. The van der Waals surface area contributed by atoms with Crippen molar-refractivity contribution in [3.05, 3.63) is 29.8 Å². The molecule has 3 N–H and O–H groups in total. The van der Waals surface area contributed by atoms with Crippen LogP contribution in [0.3, 0.4) is 0 Å². The molecule has 0 bridgehead atoms. The lowest BCUT2D eigenvalue weighted by Crippen LogP contribution is -2.47. The summed E-state index contributed by atoms with van der Waals surface area (Å²) in [5, 5.41) is 15.5. The Bertz CT molecular complexity index is 556. The largest absolute Gasteiger partial charge is 0.488 e. The monoisotopic (exact) mass is 359 g/mol. The molecule has 1 saturated heterocycles. The van der Waals surface area contributed by atoms with Gasteiger partial charge >= 0.3 is 6.03 Å². The Kier molecular flexibility index (Phi) is 7.83. The summed E-state index contributed by atoms with van der Waals surface area (Å²) < 4.78 is 36.4. The molecule has 2 amide bonds. The number of aliphatic hydroxyl groups is 1. The molecule has 1 aromatic carbocycles. The van der Waals surface area contributed by atoms with Gasteiger partial charge in [-0.1, -0.05) is 0 Å². The molecule has 9 heteroatoms. The van der Waals surface area contributed by atoms with Crippen LogP contribution < -0.4 is 15.4 Å². The molecule has 0 aliphatic carbocycles. The highest BCUT2D eigenvalue weighted by atomic mass is 19.1. The summed E-state index contributed by atoms with van der Waals surface area (Å²) in [5.74, 6) is -1.62. The average molecular weight is 359 g/mol. The molecule has 1 heterocycles. The van der Waals surface area contributed by atoms with Crippen LogP contribution in [0.5, 0.6) is 5.75 Å². The zero-order chi connectivity index (χ0) is 18.1. The number of carbonyl (C=O) groups excluding carboxylic acids is 1. The standard InChI is InChI=1S/C16H23F2N3O4/c17-12-1-2-15(14(18)9-12)25-11-13(22)10-19-3-4-20-16(23)21-5-7-24-8-6-21/h1-2,9,13,19,22H,3-8,10-11H2,(H,20,23)/t13-/m0/s1. The Hall–Kier alpha value is -1.97. The third kappa shape index (κ3) is 6.81. The van der Waals surface area contributed by atoms with Gasteiger partial charge in [0.05, 0.1) is 13.2 Å². The van der Waals surface area contributed by atoms with E-state index in [9.17, 15) is 18.7 Å². The fraction of sp³-hybridized carbons (Fsp3) is 0.562. The van der Waals surface area contributed by atoms with Crippen molar-refractivity contribution in [2.75, 3.05) is 52.5 Å². The summed E-state index contributed by atoms with van der Waals surface area (Å²) in [5.41, 5.74) is 0. The van der Waals surface area contributed by atoms with Crippen LogP contribution >= 0.6 is 0 Å². The quantitative estimate of drug-likeness (QED) is 0.583. The van der Waals surface area contributed by atoms with E-state index < -0.39 is 17.7 Å². The van der Waals surface area contributed by atoms with Crippen molar-refractivity contribution in [3.8, 4) is 5.75 Å². The van der Waals surface area contributed by atoms with Gasteiger partial charge in [0.25, 0.3) is 0 Å². The van der Waals surface area contributed by atoms with Crippen molar-refractivity contribution in [3.63, 3.8) is 0 Å². The Labute approximate surface area is 144 Å². The Morgan fingerprint density at radius 3 is 2.80 bits per heavy atom. The van der Waals surface area contributed by atoms with Gasteiger partial charge in [-0.15, -0.1) is 0 Å². The first-order valence-corrected chi connectivity index (χ1v) is 8.13. The average Bonchev–Trinajstić information content (AvgIpc) is 2.61. The maximum absolute atomic E-state index is 13.4. The highest BCUT2D eigenvalue weighted by molar-refractivity contribution is 5.74. The fourth-order valence-corrected chi connectivity index (χ4v) is 2.24. The number of amides is 2. The van der Waals surface area contributed by atoms with Crippen LogP contribution in [-0.4, -0.2) is 74.7 Å². The van der Waals surface area contributed by atoms with Gasteiger partial charge in [-0.3, -0.25) is 0 Å². The minimum Gasteiger partial charge on any atom is -0.488 e. The summed E-state index contributed by atoms with van der Waals surface area (Å²) >= 11 is 0. The number of nitrogens with zero attached hydrogens (tertiary/aromatic N) is 1. The number of rotatable bonds is 8. The van der Waals surface area contributed by atoms with Gasteiger partial charge in [-0.2, -0.15) is 0 Å². The van der Waals surface area contributed by atoms with E-state index >= 15 is 0 Å². The zero-order valence-electron chi connectivity index (χ0n) is 13.8. The van der Waals surface area contributed by atoms with Crippen molar-refractivity contribution in [1.82, 2.24) is 15.5 Å². The fourth-order valence-electron chi connectivity index (χ4n) is 2.24. The predicted molar refractivity (Wildman–Crippen MR) is 86.5 cm³/mol. The number of urea groups is 1. The first-order chi connectivity index (χ1) is 12.1. The molecule has 1 atom stereocenters. The molecule has 0 spiro atoms. The predicted octanol–water partition coefficient (Wildman–Crippen LogP) is 0.336. The molecule has 0 radical (unpaired) electrons. The number of hydrogen-bond acceptors (Lipinski definition) is 5. The Morgan fingerprint density at radius 2 is 2.08 bits per heavy atom. The Balaban J connectivity index is 1.54. The van der Waals surface area contributed by atoms with Crippen LogP contribution in [-0.2, 0) is 4.74 Å². The molecule has 1 aliphatic rings. The van der Waals surface area contributed by atoms with Gasteiger partial charge in [0.1, 0.15) is 18.5 Å². The molecule has 7 nitrogen and oxygen atoms in total. The lowest BCUT2D eigenvalue weighted by Gasteiger charge is -2.27. The number of ether oxygens (including phenoxy) is 2. The summed E-state index contributed by atoms with van der Waals surface area (Å²) in [6, 6.07) is 2.84. The van der Waals surface area contributed by atoms with Crippen molar-refractivity contribution >= 4 is 6.03 Å².